The average Bonchev–Trinajstić information content (AvgIpc) is 2.65. The number of nitrogens with two attached hydrogens (primary N) is 1. The molecular weight excluding hydrogens is 194 g/mol. The van der Waals surface area contributed by atoms with E-state index in [4.69, 9.17) is 10.2 Å². The Bertz CT molecular complexity index is 348. The fourth-order valence-corrected chi connectivity index (χ4v) is 1.75. The maximum absolute atomic E-state index is 11.2. The number of nitrogens with one attached hydrogen (secondary N) is 1. The third kappa shape index (κ3) is 2.37. The number of piperazine rings is 1. The third-order valence-electron chi connectivity index (χ3n) is 2.53. The van der Waals surface area contributed by atoms with E-state index in [1.54, 1.807) is 6.26 Å². The number of carbonyl (C=O) groups excluding carboxylic acids is 1. The highest BCUT2D eigenvalue weighted by Gasteiger charge is 2.17. The molecule has 1 fully saturated rings. The fourth-order valence-electron chi connectivity index (χ4n) is 1.75. The molecule has 82 valence electrons. The van der Waals surface area contributed by atoms with Gasteiger partial charge in [-0.2, -0.15) is 0 Å². The highest BCUT2D eigenvalue weighted by atomic mass is 16.3. The summed E-state index contributed by atoms with van der Waals surface area (Å²) < 4.78 is 5.23. The van der Waals surface area contributed by atoms with Gasteiger partial charge in [-0.15, -0.1) is 0 Å². The molecule has 0 spiro atoms. The first-order valence-electron chi connectivity index (χ1n) is 5.04. The lowest BCUT2D eigenvalue weighted by atomic mass is 10.2. The molecule has 1 aromatic heterocycles. The van der Waals surface area contributed by atoms with Crippen molar-refractivity contribution in [1.29, 1.82) is 0 Å². The Balaban J connectivity index is 1.98. The highest BCUT2D eigenvalue weighted by Crippen LogP contribution is 2.12. The largest absolute Gasteiger partial charge is 0.468 e. The SMILES string of the molecule is NCc1occc1CN1CCNC(=O)C1. The van der Waals surface area contributed by atoms with Gasteiger partial charge in [0.15, 0.2) is 0 Å². The molecule has 0 atom stereocenters. The van der Waals surface area contributed by atoms with Crippen molar-refractivity contribution in [3.05, 3.63) is 23.7 Å². The summed E-state index contributed by atoms with van der Waals surface area (Å²) in [7, 11) is 0. The Hall–Kier alpha value is -1.33. The topological polar surface area (TPSA) is 71.5 Å². The maximum atomic E-state index is 11.2. The first-order valence-corrected chi connectivity index (χ1v) is 5.04. The Morgan fingerprint density at radius 1 is 1.60 bits per heavy atom. The lowest BCUT2D eigenvalue weighted by molar-refractivity contribution is -0.124. The van der Waals surface area contributed by atoms with Gasteiger partial charge in [-0.1, -0.05) is 0 Å². The molecule has 1 aliphatic heterocycles. The molecule has 0 bridgehead atoms. The molecule has 1 saturated heterocycles. The average molecular weight is 209 g/mol. The van der Waals surface area contributed by atoms with Gasteiger partial charge in [0.1, 0.15) is 5.76 Å². The number of hydrogen-bond acceptors (Lipinski definition) is 4. The van der Waals surface area contributed by atoms with E-state index in [0.717, 1.165) is 24.4 Å². The Morgan fingerprint density at radius 3 is 3.20 bits per heavy atom. The van der Waals surface area contributed by atoms with E-state index in [0.29, 0.717) is 19.6 Å². The molecule has 0 aliphatic carbocycles. The van der Waals surface area contributed by atoms with E-state index in [1.807, 2.05) is 6.07 Å². The highest BCUT2D eigenvalue weighted by molar-refractivity contribution is 5.78. The lowest BCUT2D eigenvalue weighted by Gasteiger charge is -2.26. The van der Waals surface area contributed by atoms with E-state index in [-0.39, 0.29) is 5.91 Å². The quantitative estimate of drug-likeness (QED) is 0.715. The second kappa shape index (κ2) is 4.46. The van der Waals surface area contributed by atoms with Crippen molar-refractivity contribution in [3.63, 3.8) is 0 Å². The van der Waals surface area contributed by atoms with E-state index in [2.05, 4.69) is 10.2 Å². The molecule has 5 heteroatoms. The fraction of sp³-hybridized carbons (Fsp3) is 0.500. The molecule has 0 aromatic carbocycles. The zero-order chi connectivity index (χ0) is 10.7. The number of carbonyl (C=O) groups is 1. The maximum Gasteiger partial charge on any atom is 0.234 e. The Labute approximate surface area is 88.2 Å². The molecule has 0 unspecified atom stereocenters. The van der Waals surface area contributed by atoms with Gasteiger partial charge in [0.05, 0.1) is 19.4 Å². The first kappa shape index (κ1) is 10.2. The minimum absolute atomic E-state index is 0.0824. The van der Waals surface area contributed by atoms with E-state index < -0.39 is 0 Å². The van der Waals surface area contributed by atoms with Crippen LogP contribution in [0.3, 0.4) is 0 Å². The van der Waals surface area contributed by atoms with Crippen LogP contribution in [0, 0.1) is 0 Å². The van der Waals surface area contributed by atoms with Crippen molar-refractivity contribution < 1.29 is 9.21 Å². The van der Waals surface area contributed by atoms with Gasteiger partial charge in [-0.25, -0.2) is 0 Å². The second-order valence-corrected chi connectivity index (χ2v) is 3.63. The standard InChI is InChI=1S/C10H15N3O2/c11-5-9-8(1-4-15-9)6-13-3-2-12-10(14)7-13/h1,4H,2-3,5-7,11H2,(H,12,14). The summed E-state index contributed by atoms with van der Waals surface area (Å²) in [5.74, 6) is 0.889. The van der Waals surface area contributed by atoms with E-state index >= 15 is 0 Å². The summed E-state index contributed by atoms with van der Waals surface area (Å²) >= 11 is 0. The molecule has 2 heterocycles. The predicted octanol–water partition coefficient (Wildman–Crippen LogP) is -0.330. The van der Waals surface area contributed by atoms with Crippen molar-refractivity contribution in [2.75, 3.05) is 19.6 Å². The zero-order valence-corrected chi connectivity index (χ0v) is 8.53. The van der Waals surface area contributed by atoms with Gasteiger partial charge in [0, 0.05) is 25.2 Å². The van der Waals surface area contributed by atoms with Crippen LogP contribution in [-0.4, -0.2) is 30.4 Å². The van der Waals surface area contributed by atoms with Gasteiger partial charge < -0.3 is 15.5 Å². The molecular formula is C10H15N3O2. The lowest BCUT2D eigenvalue weighted by Crippen LogP contribution is -2.47. The monoisotopic (exact) mass is 209 g/mol. The molecule has 5 nitrogen and oxygen atoms in total. The molecule has 1 aliphatic rings. The van der Waals surface area contributed by atoms with Crippen LogP contribution in [0.5, 0.6) is 0 Å². The summed E-state index contributed by atoms with van der Waals surface area (Å²) in [6.45, 7) is 3.18. The summed E-state index contributed by atoms with van der Waals surface area (Å²) in [4.78, 5) is 13.2. The van der Waals surface area contributed by atoms with Crippen LogP contribution in [0.4, 0.5) is 0 Å². The van der Waals surface area contributed by atoms with Crippen LogP contribution >= 0.6 is 0 Å². The number of amides is 1. The van der Waals surface area contributed by atoms with Crippen LogP contribution < -0.4 is 11.1 Å². The second-order valence-electron chi connectivity index (χ2n) is 3.63. The minimum Gasteiger partial charge on any atom is -0.468 e. The minimum atomic E-state index is 0.0824. The molecule has 0 radical (unpaired) electrons. The summed E-state index contributed by atoms with van der Waals surface area (Å²) in [5.41, 5.74) is 6.61. The molecule has 1 amide bonds. The normalized spacial score (nSPS) is 17.8. The molecule has 15 heavy (non-hydrogen) atoms. The summed E-state index contributed by atoms with van der Waals surface area (Å²) in [6.07, 6.45) is 1.64. The van der Waals surface area contributed by atoms with Crippen LogP contribution in [0.1, 0.15) is 11.3 Å². The zero-order valence-electron chi connectivity index (χ0n) is 8.53. The number of nitrogens with zero attached hydrogens (tertiary/aromatic N) is 1. The van der Waals surface area contributed by atoms with Crippen LogP contribution in [0.15, 0.2) is 16.7 Å². The van der Waals surface area contributed by atoms with Crippen molar-refractivity contribution in [2.24, 2.45) is 5.73 Å². The Kier molecular flexibility index (Phi) is 3.03. The van der Waals surface area contributed by atoms with E-state index in [9.17, 15) is 4.79 Å². The summed E-state index contributed by atoms with van der Waals surface area (Å²) in [5, 5.41) is 2.79. The Morgan fingerprint density at radius 2 is 2.47 bits per heavy atom. The van der Waals surface area contributed by atoms with Gasteiger partial charge >= 0.3 is 0 Å². The third-order valence-corrected chi connectivity index (χ3v) is 2.53. The summed E-state index contributed by atoms with van der Waals surface area (Å²) in [6, 6.07) is 1.91. The van der Waals surface area contributed by atoms with Gasteiger partial charge in [0.2, 0.25) is 5.91 Å². The molecule has 3 N–H and O–H groups in total. The molecule has 1 aromatic rings. The van der Waals surface area contributed by atoms with Gasteiger partial charge in [0.25, 0.3) is 0 Å². The van der Waals surface area contributed by atoms with Crippen LogP contribution in [0.25, 0.3) is 0 Å². The predicted molar refractivity (Wildman–Crippen MR) is 54.9 cm³/mol. The van der Waals surface area contributed by atoms with Crippen molar-refractivity contribution >= 4 is 5.91 Å². The van der Waals surface area contributed by atoms with Crippen molar-refractivity contribution in [2.45, 2.75) is 13.1 Å². The van der Waals surface area contributed by atoms with Crippen LogP contribution in [-0.2, 0) is 17.9 Å². The number of furan rings is 1. The smallest absolute Gasteiger partial charge is 0.234 e. The number of hydrogen-bond donors (Lipinski definition) is 2. The first-order chi connectivity index (χ1) is 7.29. The van der Waals surface area contributed by atoms with Crippen molar-refractivity contribution in [3.8, 4) is 0 Å². The van der Waals surface area contributed by atoms with Gasteiger partial charge in [-0.3, -0.25) is 9.69 Å². The van der Waals surface area contributed by atoms with E-state index in [1.165, 1.54) is 0 Å². The van der Waals surface area contributed by atoms with Crippen LogP contribution in [0.2, 0.25) is 0 Å². The number of rotatable bonds is 3. The van der Waals surface area contributed by atoms with Crippen molar-refractivity contribution in [1.82, 2.24) is 10.2 Å². The van der Waals surface area contributed by atoms with Gasteiger partial charge in [-0.05, 0) is 6.07 Å². The molecule has 2 rings (SSSR count). The molecule has 0 saturated carbocycles.